The molecule has 7 nitrogen and oxygen atoms in total. The molecule has 2 saturated heterocycles. The number of thiophene rings is 2. The lowest BCUT2D eigenvalue weighted by atomic mass is 10.1. The van der Waals surface area contributed by atoms with Crippen molar-refractivity contribution in [2.24, 2.45) is 0 Å². The van der Waals surface area contributed by atoms with Gasteiger partial charge in [-0.15, -0.1) is 22.7 Å². The molecule has 200 valence electrons. The van der Waals surface area contributed by atoms with Crippen molar-refractivity contribution in [2.45, 2.75) is 37.8 Å². The predicted molar refractivity (Wildman–Crippen MR) is 157 cm³/mol. The molecule has 0 bridgehead atoms. The van der Waals surface area contributed by atoms with Gasteiger partial charge in [0, 0.05) is 28.4 Å². The highest BCUT2D eigenvalue weighted by Crippen LogP contribution is 2.35. The average molecular weight is 559 g/mol. The summed E-state index contributed by atoms with van der Waals surface area (Å²) in [5.41, 5.74) is 0.537. The third-order valence-corrected chi connectivity index (χ3v) is 9.31. The van der Waals surface area contributed by atoms with Crippen LogP contribution in [0, 0.1) is 22.7 Å². The molecule has 9 heteroatoms. The van der Waals surface area contributed by atoms with Crippen molar-refractivity contribution in [3.63, 3.8) is 0 Å². The molecule has 2 atom stereocenters. The largest absolute Gasteiger partial charge is 0.457 e. The summed E-state index contributed by atoms with van der Waals surface area (Å²) in [5.74, 6) is 1.07. The Hall–Kier alpha value is -3.60. The van der Waals surface area contributed by atoms with Gasteiger partial charge in [-0.2, -0.15) is 10.5 Å². The first kappa shape index (κ1) is 27.0. The molecular formula is C30H30N4O3S2. The highest BCUT2D eigenvalue weighted by atomic mass is 32.1. The predicted octanol–water partition coefficient (Wildman–Crippen LogP) is 5.60. The van der Waals surface area contributed by atoms with E-state index in [1.54, 1.807) is 34.8 Å². The number of hydrogen-bond acceptors (Lipinski definition) is 9. The molecule has 5 heterocycles. The molecule has 3 aliphatic rings. The van der Waals surface area contributed by atoms with Crippen LogP contribution in [0.15, 0.2) is 71.2 Å². The molecule has 0 aliphatic carbocycles. The van der Waals surface area contributed by atoms with Crippen LogP contribution in [0.4, 0.5) is 10.0 Å². The lowest BCUT2D eigenvalue weighted by Crippen LogP contribution is -2.31. The van der Waals surface area contributed by atoms with Gasteiger partial charge in [-0.1, -0.05) is 0 Å². The maximum absolute atomic E-state index is 9.65. The van der Waals surface area contributed by atoms with Gasteiger partial charge in [0.1, 0.15) is 29.2 Å². The molecule has 2 aromatic rings. The van der Waals surface area contributed by atoms with E-state index in [2.05, 4.69) is 21.9 Å². The topological polar surface area (TPSA) is 104 Å². The van der Waals surface area contributed by atoms with Crippen LogP contribution in [0.2, 0.25) is 0 Å². The molecule has 0 amide bonds. The Morgan fingerprint density at radius 2 is 1.31 bits per heavy atom. The second kappa shape index (κ2) is 12.5. The fourth-order valence-electron chi connectivity index (χ4n) is 5.14. The maximum Gasteiger partial charge on any atom is 0.137 e. The Bertz CT molecular complexity index is 1330. The molecule has 39 heavy (non-hydrogen) atoms. The van der Waals surface area contributed by atoms with E-state index in [9.17, 15) is 20.7 Å². The van der Waals surface area contributed by atoms with E-state index >= 15 is 0 Å². The standard InChI is InChI=1S/C30H30N4O3S2/c31-17-22(18-32)21-15-25(5-7-27-9-11-29(38-27)33-13-1-3-23(33)19-35)37-26(16-21)6-8-28-10-12-30(39-28)34-14-2-4-24(34)20-36/h5-12,15-16,23-24,35-36H,1-4,13-14,19-20H2/b7-5+,8-6+/t23-,24-/m0/s1. The first-order chi connectivity index (χ1) is 19.1. The first-order valence-corrected chi connectivity index (χ1v) is 14.7. The second-order valence-electron chi connectivity index (χ2n) is 9.61. The summed E-state index contributed by atoms with van der Waals surface area (Å²) in [6.07, 6.45) is 15.2. The lowest BCUT2D eigenvalue weighted by molar-refractivity contribution is 0.266. The van der Waals surface area contributed by atoms with Crippen LogP contribution in [-0.2, 0) is 4.74 Å². The molecule has 3 aliphatic heterocycles. The molecule has 2 N–H and O–H groups in total. The molecule has 2 fully saturated rings. The summed E-state index contributed by atoms with van der Waals surface area (Å²) in [4.78, 5) is 6.62. The molecule has 0 saturated carbocycles. The molecule has 0 radical (unpaired) electrons. The smallest absolute Gasteiger partial charge is 0.137 e. The number of anilines is 2. The summed E-state index contributed by atoms with van der Waals surface area (Å²) in [6.45, 7) is 2.23. The quantitative estimate of drug-likeness (QED) is 0.407. The van der Waals surface area contributed by atoms with Crippen LogP contribution in [-0.4, -0.2) is 48.6 Å². The Labute approximate surface area is 236 Å². The molecule has 5 rings (SSSR count). The van der Waals surface area contributed by atoms with Crippen LogP contribution in [0.1, 0.15) is 35.4 Å². The number of nitriles is 2. The van der Waals surface area contributed by atoms with Crippen LogP contribution < -0.4 is 9.80 Å². The van der Waals surface area contributed by atoms with Gasteiger partial charge in [0.25, 0.3) is 0 Å². The zero-order valence-corrected chi connectivity index (χ0v) is 23.1. The normalized spacial score (nSPS) is 21.3. The monoisotopic (exact) mass is 558 g/mol. The van der Waals surface area contributed by atoms with Crippen LogP contribution in [0.3, 0.4) is 0 Å². The van der Waals surface area contributed by atoms with Crippen molar-refractivity contribution in [1.29, 1.82) is 10.5 Å². The van der Waals surface area contributed by atoms with Gasteiger partial charge in [-0.05, 0) is 86.4 Å². The summed E-state index contributed by atoms with van der Waals surface area (Å²) < 4.78 is 6.10. The van der Waals surface area contributed by atoms with Gasteiger partial charge in [-0.3, -0.25) is 0 Å². The average Bonchev–Trinajstić information content (AvgIpc) is 3.77. The highest BCUT2D eigenvalue weighted by molar-refractivity contribution is 7.17. The van der Waals surface area contributed by atoms with Gasteiger partial charge >= 0.3 is 0 Å². The zero-order chi connectivity index (χ0) is 27.2. The van der Waals surface area contributed by atoms with Crippen LogP contribution in [0.25, 0.3) is 12.2 Å². The van der Waals surface area contributed by atoms with Crippen LogP contribution in [0.5, 0.6) is 0 Å². The molecule has 0 spiro atoms. The first-order valence-electron chi connectivity index (χ1n) is 13.1. The number of rotatable bonds is 8. The van der Waals surface area contributed by atoms with Crippen molar-refractivity contribution in [3.8, 4) is 12.1 Å². The SMILES string of the molecule is N#CC(C#N)=C1C=C(/C=C/c2ccc(N3CCC[C@H]3CO)s2)OC(/C=C/c2ccc(N3CCC[C@H]3CO)s2)=C1. The Balaban J connectivity index is 1.32. The maximum atomic E-state index is 9.65. The number of nitrogens with zero attached hydrogens (tertiary/aromatic N) is 4. The Kier molecular flexibility index (Phi) is 8.65. The summed E-state index contributed by atoms with van der Waals surface area (Å²) in [7, 11) is 0. The van der Waals surface area contributed by atoms with E-state index in [1.165, 1.54) is 0 Å². The van der Waals surface area contributed by atoms with E-state index in [-0.39, 0.29) is 30.9 Å². The van der Waals surface area contributed by atoms with Crippen molar-refractivity contribution < 1.29 is 14.9 Å². The Morgan fingerprint density at radius 3 is 1.74 bits per heavy atom. The van der Waals surface area contributed by atoms with Crippen molar-refractivity contribution in [3.05, 3.63) is 81.0 Å². The summed E-state index contributed by atoms with van der Waals surface area (Å²) in [6, 6.07) is 12.6. The number of ether oxygens (including phenoxy) is 1. The van der Waals surface area contributed by atoms with Gasteiger partial charge < -0.3 is 24.7 Å². The van der Waals surface area contributed by atoms with Crippen molar-refractivity contribution in [2.75, 3.05) is 36.1 Å². The number of aliphatic hydroxyl groups excluding tert-OH is 2. The number of aliphatic hydroxyl groups is 2. The van der Waals surface area contributed by atoms with E-state index in [4.69, 9.17) is 4.74 Å². The summed E-state index contributed by atoms with van der Waals surface area (Å²) in [5, 5.41) is 40.5. The van der Waals surface area contributed by atoms with E-state index in [0.717, 1.165) is 58.5 Å². The highest BCUT2D eigenvalue weighted by Gasteiger charge is 2.26. The molecule has 0 aromatic carbocycles. The third-order valence-electron chi connectivity index (χ3n) is 7.13. The molecule has 2 aromatic heterocycles. The van der Waals surface area contributed by atoms with Gasteiger partial charge in [0.05, 0.1) is 35.3 Å². The van der Waals surface area contributed by atoms with Crippen molar-refractivity contribution in [1.82, 2.24) is 0 Å². The second-order valence-corrected chi connectivity index (χ2v) is 11.8. The minimum Gasteiger partial charge on any atom is -0.457 e. The summed E-state index contributed by atoms with van der Waals surface area (Å²) >= 11 is 3.32. The number of hydrogen-bond donors (Lipinski definition) is 2. The third kappa shape index (κ3) is 6.19. The van der Waals surface area contributed by atoms with E-state index < -0.39 is 0 Å². The number of allylic oxidation sites excluding steroid dienone is 6. The molecular weight excluding hydrogens is 528 g/mol. The van der Waals surface area contributed by atoms with Crippen molar-refractivity contribution >= 4 is 44.8 Å². The zero-order valence-electron chi connectivity index (χ0n) is 21.5. The minimum atomic E-state index is 0.0278. The fraction of sp³-hybridized carbons (Fsp3) is 0.333. The van der Waals surface area contributed by atoms with E-state index in [1.807, 2.05) is 48.6 Å². The molecule has 0 unspecified atom stereocenters. The van der Waals surface area contributed by atoms with E-state index in [0.29, 0.717) is 17.1 Å². The Morgan fingerprint density at radius 1 is 0.821 bits per heavy atom. The fourth-order valence-corrected chi connectivity index (χ4v) is 7.15. The van der Waals surface area contributed by atoms with Gasteiger partial charge in [0.2, 0.25) is 0 Å². The van der Waals surface area contributed by atoms with Gasteiger partial charge in [-0.25, -0.2) is 0 Å². The minimum absolute atomic E-state index is 0.0278. The lowest BCUT2D eigenvalue weighted by Gasteiger charge is -2.23. The van der Waals surface area contributed by atoms with Crippen LogP contribution >= 0.6 is 22.7 Å². The van der Waals surface area contributed by atoms with Gasteiger partial charge in [0.15, 0.2) is 0 Å².